The van der Waals surface area contributed by atoms with Crippen molar-refractivity contribution < 1.29 is 9.47 Å². The molecule has 1 aliphatic rings. The van der Waals surface area contributed by atoms with Gasteiger partial charge in [-0.2, -0.15) is 0 Å². The molecule has 0 amide bonds. The third kappa shape index (κ3) is 5.94. The van der Waals surface area contributed by atoms with E-state index in [2.05, 4.69) is 74.6 Å². The highest BCUT2D eigenvalue weighted by Crippen LogP contribution is 2.34. The normalized spacial score (nSPS) is 15.1. The fraction of sp³-hybridized carbons (Fsp3) is 0.452. The van der Waals surface area contributed by atoms with Gasteiger partial charge >= 0.3 is 0 Å². The molecule has 0 radical (unpaired) electrons. The number of aromatic nitrogens is 1. The molecule has 0 unspecified atom stereocenters. The number of hydrogen-bond acceptors (Lipinski definition) is 4. The summed E-state index contributed by atoms with van der Waals surface area (Å²) in [7, 11) is 1.71. The van der Waals surface area contributed by atoms with E-state index in [1.807, 2.05) is 0 Å². The van der Waals surface area contributed by atoms with Gasteiger partial charge < -0.3 is 14.8 Å². The van der Waals surface area contributed by atoms with Gasteiger partial charge in [-0.3, -0.25) is 4.98 Å². The molecule has 0 aliphatic heterocycles. The van der Waals surface area contributed by atoms with E-state index in [1.165, 1.54) is 52.6 Å². The Morgan fingerprint density at radius 3 is 2.51 bits per heavy atom. The molecule has 1 N–H and O–H groups in total. The number of benzene rings is 2. The lowest BCUT2D eigenvalue weighted by molar-refractivity contribution is 0.145. The van der Waals surface area contributed by atoms with Crippen molar-refractivity contribution in [2.24, 2.45) is 0 Å². The second-order valence-electron chi connectivity index (χ2n) is 9.42. The summed E-state index contributed by atoms with van der Waals surface area (Å²) in [4.78, 5) is 5.11. The van der Waals surface area contributed by atoms with Crippen LogP contribution < -0.4 is 10.1 Å². The maximum Gasteiger partial charge on any atom is 0.126 e. The molecule has 0 spiro atoms. The van der Waals surface area contributed by atoms with E-state index in [4.69, 9.17) is 14.5 Å². The highest BCUT2D eigenvalue weighted by Gasteiger charge is 2.20. The zero-order valence-electron chi connectivity index (χ0n) is 21.8. The summed E-state index contributed by atoms with van der Waals surface area (Å²) in [6.45, 7) is 8.55. The molecule has 0 saturated carbocycles. The van der Waals surface area contributed by atoms with Gasteiger partial charge in [0.25, 0.3) is 0 Å². The molecule has 1 aliphatic carbocycles. The Bertz CT molecular complexity index is 1100. The average Bonchev–Trinajstić information content (AvgIpc) is 2.89. The summed E-state index contributed by atoms with van der Waals surface area (Å²) in [5.74, 6) is 0.934. The SMILES string of the molecule is CCc1cccc(CC)c1-c1cc(OCCOC)c(CCN[C@H]2CCCc3ccccc32)c(C)n1. The van der Waals surface area contributed by atoms with Gasteiger partial charge in [-0.15, -0.1) is 0 Å². The highest BCUT2D eigenvalue weighted by molar-refractivity contribution is 5.70. The lowest BCUT2D eigenvalue weighted by Gasteiger charge is -2.27. The fourth-order valence-electron chi connectivity index (χ4n) is 5.37. The van der Waals surface area contributed by atoms with E-state index in [0.29, 0.717) is 19.3 Å². The molecule has 4 heteroatoms. The number of ether oxygens (including phenoxy) is 2. The van der Waals surface area contributed by atoms with Gasteiger partial charge in [0.1, 0.15) is 12.4 Å². The third-order valence-electron chi connectivity index (χ3n) is 7.23. The Morgan fingerprint density at radius 1 is 1.00 bits per heavy atom. The number of pyridine rings is 1. The first-order valence-electron chi connectivity index (χ1n) is 13.2. The van der Waals surface area contributed by atoms with Gasteiger partial charge in [-0.1, -0.05) is 56.3 Å². The minimum atomic E-state index is 0.425. The minimum Gasteiger partial charge on any atom is -0.491 e. The molecule has 3 aromatic rings. The van der Waals surface area contributed by atoms with Crippen LogP contribution in [0.25, 0.3) is 11.3 Å². The lowest BCUT2D eigenvalue weighted by Crippen LogP contribution is -2.27. The fourth-order valence-corrected chi connectivity index (χ4v) is 5.37. The summed E-state index contributed by atoms with van der Waals surface area (Å²) in [6.07, 6.45) is 6.48. The van der Waals surface area contributed by atoms with Crippen LogP contribution in [0.5, 0.6) is 5.75 Å². The maximum atomic E-state index is 6.27. The molecule has 4 rings (SSSR count). The molecule has 2 aromatic carbocycles. The molecule has 1 heterocycles. The Kier molecular flexibility index (Phi) is 8.95. The van der Waals surface area contributed by atoms with Crippen molar-refractivity contribution in [1.29, 1.82) is 0 Å². The predicted molar refractivity (Wildman–Crippen MR) is 144 cm³/mol. The molecule has 0 bridgehead atoms. The highest BCUT2D eigenvalue weighted by atomic mass is 16.5. The van der Waals surface area contributed by atoms with Crippen LogP contribution in [0.3, 0.4) is 0 Å². The van der Waals surface area contributed by atoms with Crippen molar-refractivity contribution in [1.82, 2.24) is 10.3 Å². The Balaban J connectivity index is 1.59. The van der Waals surface area contributed by atoms with Crippen molar-refractivity contribution in [2.75, 3.05) is 26.9 Å². The van der Waals surface area contributed by atoms with E-state index in [9.17, 15) is 0 Å². The molecule has 0 saturated heterocycles. The molecule has 0 fully saturated rings. The molecule has 1 aromatic heterocycles. The first kappa shape index (κ1) is 25.4. The summed E-state index contributed by atoms with van der Waals surface area (Å²) in [5.41, 5.74) is 10.1. The summed E-state index contributed by atoms with van der Waals surface area (Å²) < 4.78 is 11.5. The van der Waals surface area contributed by atoms with Crippen LogP contribution in [0.4, 0.5) is 0 Å². The first-order valence-corrected chi connectivity index (χ1v) is 13.2. The number of nitrogens with zero attached hydrogens (tertiary/aromatic N) is 1. The van der Waals surface area contributed by atoms with Crippen molar-refractivity contribution >= 4 is 0 Å². The van der Waals surface area contributed by atoms with Crippen molar-refractivity contribution in [3.63, 3.8) is 0 Å². The number of methoxy groups -OCH3 is 1. The van der Waals surface area contributed by atoms with E-state index in [0.717, 1.165) is 42.9 Å². The van der Waals surface area contributed by atoms with Crippen LogP contribution in [0.15, 0.2) is 48.5 Å². The number of fused-ring (bicyclic) bond motifs is 1. The van der Waals surface area contributed by atoms with Crippen molar-refractivity contribution in [2.45, 2.75) is 65.3 Å². The predicted octanol–water partition coefficient (Wildman–Crippen LogP) is 6.42. The molecular formula is C31H40N2O2. The van der Waals surface area contributed by atoms with E-state index < -0.39 is 0 Å². The Morgan fingerprint density at radius 2 is 1.77 bits per heavy atom. The van der Waals surface area contributed by atoms with Crippen LogP contribution >= 0.6 is 0 Å². The summed E-state index contributed by atoms with van der Waals surface area (Å²) in [5, 5.41) is 3.82. The molecular weight excluding hydrogens is 432 g/mol. The van der Waals surface area contributed by atoms with Gasteiger partial charge in [0, 0.05) is 36.0 Å². The van der Waals surface area contributed by atoms with Gasteiger partial charge in [0.2, 0.25) is 0 Å². The molecule has 1 atom stereocenters. The number of aryl methyl sites for hydroxylation is 4. The lowest BCUT2D eigenvalue weighted by atomic mass is 9.87. The second-order valence-corrected chi connectivity index (χ2v) is 9.42. The number of nitrogens with one attached hydrogen (secondary N) is 1. The van der Waals surface area contributed by atoms with Crippen LogP contribution in [-0.4, -0.2) is 31.9 Å². The second kappa shape index (κ2) is 12.3. The van der Waals surface area contributed by atoms with Gasteiger partial charge in [0.15, 0.2) is 0 Å². The molecule has 4 nitrogen and oxygen atoms in total. The Labute approximate surface area is 211 Å². The first-order chi connectivity index (χ1) is 17.2. The van der Waals surface area contributed by atoms with E-state index >= 15 is 0 Å². The minimum absolute atomic E-state index is 0.425. The summed E-state index contributed by atoms with van der Waals surface area (Å²) >= 11 is 0. The smallest absolute Gasteiger partial charge is 0.126 e. The monoisotopic (exact) mass is 472 g/mol. The quantitative estimate of drug-likeness (QED) is 0.327. The van der Waals surface area contributed by atoms with E-state index in [1.54, 1.807) is 7.11 Å². The van der Waals surface area contributed by atoms with Crippen LogP contribution in [0, 0.1) is 6.92 Å². The zero-order valence-corrected chi connectivity index (χ0v) is 21.8. The molecule has 35 heavy (non-hydrogen) atoms. The zero-order chi connectivity index (χ0) is 24.6. The van der Waals surface area contributed by atoms with Crippen LogP contribution in [-0.2, 0) is 30.4 Å². The van der Waals surface area contributed by atoms with Gasteiger partial charge in [0.05, 0.1) is 12.3 Å². The molecule has 186 valence electrons. The number of hydrogen-bond donors (Lipinski definition) is 1. The standard InChI is InChI=1S/C31H40N2O2/c1-5-23-12-9-13-24(6-2)31(23)29-21-30(35-20-19-34-4)26(22(3)33-29)17-18-32-28-16-10-14-25-11-7-8-15-27(25)28/h7-9,11-13,15,21,28,32H,5-6,10,14,16-20H2,1-4H3/t28-/m0/s1. The van der Waals surface area contributed by atoms with Crippen LogP contribution in [0.1, 0.15) is 66.2 Å². The number of rotatable bonds is 11. The Hall–Kier alpha value is -2.69. The van der Waals surface area contributed by atoms with Gasteiger partial charge in [-0.25, -0.2) is 0 Å². The average molecular weight is 473 g/mol. The summed E-state index contributed by atoms with van der Waals surface area (Å²) in [6, 6.07) is 18.0. The van der Waals surface area contributed by atoms with Crippen molar-refractivity contribution in [3.8, 4) is 17.0 Å². The van der Waals surface area contributed by atoms with E-state index in [-0.39, 0.29) is 0 Å². The third-order valence-corrected chi connectivity index (χ3v) is 7.23. The van der Waals surface area contributed by atoms with Gasteiger partial charge in [-0.05, 0) is 74.2 Å². The van der Waals surface area contributed by atoms with Crippen LogP contribution in [0.2, 0.25) is 0 Å². The largest absolute Gasteiger partial charge is 0.491 e. The maximum absolute atomic E-state index is 6.27. The van der Waals surface area contributed by atoms with Crippen molar-refractivity contribution in [3.05, 3.63) is 82.0 Å². The topological polar surface area (TPSA) is 43.4 Å².